The zero-order valence-electron chi connectivity index (χ0n) is 8.90. The van der Waals surface area contributed by atoms with Gasteiger partial charge in [0, 0.05) is 18.1 Å². The normalized spacial score (nSPS) is 16.1. The number of anilines is 1. The number of aryl methyl sites for hydroxylation is 1. The lowest BCUT2D eigenvalue weighted by Crippen LogP contribution is -1.92. The first-order valence-electron chi connectivity index (χ1n) is 5.45. The van der Waals surface area contributed by atoms with Gasteiger partial charge in [0.25, 0.3) is 0 Å². The highest BCUT2D eigenvalue weighted by molar-refractivity contribution is 5.85. The molecule has 0 bridgehead atoms. The number of aromatic nitrogens is 2. The first kappa shape index (κ1) is 8.77. The summed E-state index contributed by atoms with van der Waals surface area (Å²) in [4.78, 5) is 0. The van der Waals surface area contributed by atoms with Gasteiger partial charge in [-0.25, -0.2) is 0 Å². The summed E-state index contributed by atoms with van der Waals surface area (Å²) >= 11 is 0. The van der Waals surface area contributed by atoms with Gasteiger partial charge in [0.1, 0.15) is 0 Å². The van der Waals surface area contributed by atoms with E-state index in [0.29, 0.717) is 0 Å². The molecule has 2 N–H and O–H groups in total. The summed E-state index contributed by atoms with van der Waals surface area (Å²) in [5.74, 6) is 0.865. The zero-order valence-corrected chi connectivity index (χ0v) is 8.90. The van der Waals surface area contributed by atoms with E-state index in [4.69, 9.17) is 5.73 Å². The third kappa shape index (κ3) is 1.48. The molecule has 0 amide bonds. The Morgan fingerprint density at radius 3 is 3.00 bits per heavy atom. The first-order chi connectivity index (χ1) is 7.24. The second-order valence-corrected chi connectivity index (χ2v) is 4.49. The smallest absolute Gasteiger partial charge is 0.0706 e. The van der Waals surface area contributed by atoms with Gasteiger partial charge >= 0.3 is 0 Å². The van der Waals surface area contributed by atoms with E-state index in [1.807, 2.05) is 29.9 Å². The Hall–Kier alpha value is -1.51. The SMILES string of the molecule is Cn1nc(CC2CC2)c2cc(N)ccc21. The molecule has 0 saturated heterocycles. The van der Waals surface area contributed by atoms with Crippen molar-refractivity contribution < 1.29 is 0 Å². The quantitative estimate of drug-likeness (QED) is 0.756. The van der Waals surface area contributed by atoms with Crippen LogP contribution in [0.15, 0.2) is 18.2 Å². The van der Waals surface area contributed by atoms with Crippen LogP contribution in [0.3, 0.4) is 0 Å². The summed E-state index contributed by atoms with van der Waals surface area (Å²) in [5.41, 5.74) is 9.03. The molecule has 1 heterocycles. The van der Waals surface area contributed by atoms with E-state index < -0.39 is 0 Å². The lowest BCUT2D eigenvalue weighted by Gasteiger charge is -1.96. The molecule has 15 heavy (non-hydrogen) atoms. The Bertz CT molecular complexity index is 509. The first-order valence-corrected chi connectivity index (χ1v) is 5.45. The van der Waals surface area contributed by atoms with Crippen LogP contribution in [0.25, 0.3) is 10.9 Å². The van der Waals surface area contributed by atoms with E-state index in [2.05, 4.69) is 5.10 Å². The molecule has 0 atom stereocenters. The van der Waals surface area contributed by atoms with Gasteiger partial charge in [-0.3, -0.25) is 4.68 Å². The predicted octanol–water partition coefficient (Wildman–Crippen LogP) is 2.11. The maximum absolute atomic E-state index is 5.81. The van der Waals surface area contributed by atoms with Gasteiger partial charge in [-0.15, -0.1) is 0 Å². The molecule has 0 aliphatic heterocycles. The number of nitrogen functional groups attached to an aromatic ring is 1. The summed E-state index contributed by atoms with van der Waals surface area (Å²) in [6.07, 6.45) is 3.83. The van der Waals surface area contributed by atoms with Crippen molar-refractivity contribution in [3.63, 3.8) is 0 Å². The maximum atomic E-state index is 5.81. The molecule has 2 aromatic rings. The monoisotopic (exact) mass is 201 g/mol. The molecule has 3 nitrogen and oxygen atoms in total. The van der Waals surface area contributed by atoms with Crippen molar-refractivity contribution in [2.45, 2.75) is 19.3 Å². The van der Waals surface area contributed by atoms with Crippen LogP contribution in [0.4, 0.5) is 5.69 Å². The van der Waals surface area contributed by atoms with E-state index in [9.17, 15) is 0 Å². The van der Waals surface area contributed by atoms with Crippen molar-refractivity contribution in [3.05, 3.63) is 23.9 Å². The van der Waals surface area contributed by atoms with Crippen molar-refractivity contribution in [2.24, 2.45) is 13.0 Å². The minimum atomic E-state index is 0.826. The molecule has 0 spiro atoms. The van der Waals surface area contributed by atoms with Crippen LogP contribution in [-0.2, 0) is 13.5 Å². The Balaban J connectivity index is 2.14. The van der Waals surface area contributed by atoms with E-state index in [1.165, 1.54) is 29.4 Å². The Morgan fingerprint density at radius 1 is 1.47 bits per heavy atom. The molecule has 78 valence electrons. The van der Waals surface area contributed by atoms with Crippen molar-refractivity contribution in [3.8, 4) is 0 Å². The predicted molar refractivity (Wildman–Crippen MR) is 61.6 cm³/mol. The third-order valence-electron chi connectivity index (χ3n) is 3.13. The van der Waals surface area contributed by atoms with E-state index in [0.717, 1.165) is 18.0 Å². The molecular formula is C12H15N3. The Morgan fingerprint density at radius 2 is 2.27 bits per heavy atom. The second-order valence-electron chi connectivity index (χ2n) is 4.49. The third-order valence-corrected chi connectivity index (χ3v) is 3.13. The van der Waals surface area contributed by atoms with Crippen molar-refractivity contribution in [1.29, 1.82) is 0 Å². The maximum Gasteiger partial charge on any atom is 0.0706 e. The minimum absolute atomic E-state index is 0.826. The molecular weight excluding hydrogens is 186 g/mol. The van der Waals surface area contributed by atoms with E-state index in [-0.39, 0.29) is 0 Å². The summed E-state index contributed by atoms with van der Waals surface area (Å²) < 4.78 is 1.95. The minimum Gasteiger partial charge on any atom is -0.399 e. The summed E-state index contributed by atoms with van der Waals surface area (Å²) in [6.45, 7) is 0. The number of hydrogen-bond donors (Lipinski definition) is 1. The molecule has 3 rings (SSSR count). The van der Waals surface area contributed by atoms with Crippen molar-refractivity contribution in [1.82, 2.24) is 9.78 Å². The van der Waals surface area contributed by atoms with Crippen LogP contribution >= 0.6 is 0 Å². The number of nitrogens with two attached hydrogens (primary N) is 1. The molecule has 3 heteroatoms. The van der Waals surface area contributed by atoms with Crippen molar-refractivity contribution in [2.75, 3.05) is 5.73 Å². The van der Waals surface area contributed by atoms with Crippen LogP contribution in [0.1, 0.15) is 18.5 Å². The topological polar surface area (TPSA) is 43.8 Å². The van der Waals surface area contributed by atoms with Gasteiger partial charge in [0.2, 0.25) is 0 Å². The average molecular weight is 201 g/mol. The summed E-state index contributed by atoms with van der Waals surface area (Å²) in [6, 6.07) is 6.03. The van der Waals surface area contributed by atoms with Crippen LogP contribution in [-0.4, -0.2) is 9.78 Å². The molecule has 0 unspecified atom stereocenters. The Labute approximate surface area is 88.9 Å². The molecule has 1 aromatic carbocycles. The van der Waals surface area contributed by atoms with Gasteiger partial charge in [-0.2, -0.15) is 5.10 Å². The molecule has 1 aliphatic carbocycles. The molecule has 1 aliphatic rings. The second kappa shape index (κ2) is 2.99. The van der Waals surface area contributed by atoms with Gasteiger partial charge in [-0.1, -0.05) is 0 Å². The zero-order chi connectivity index (χ0) is 10.4. The van der Waals surface area contributed by atoms with Crippen LogP contribution in [0, 0.1) is 5.92 Å². The van der Waals surface area contributed by atoms with Gasteiger partial charge in [0.15, 0.2) is 0 Å². The highest BCUT2D eigenvalue weighted by Gasteiger charge is 2.24. The molecule has 1 fully saturated rings. The average Bonchev–Trinajstić information content (AvgIpc) is 2.95. The number of rotatable bonds is 2. The number of hydrogen-bond acceptors (Lipinski definition) is 2. The van der Waals surface area contributed by atoms with E-state index >= 15 is 0 Å². The van der Waals surface area contributed by atoms with Crippen LogP contribution in [0.2, 0.25) is 0 Å². The standard InChI is InChI=1S/C12H15N3/c1-15-12-5-4-9(13)7-10(12)11(14-15)6-8-2-3-8/h4-5,7-8H,2-3,6,13H2,1H3. The summed E-state index contributed by atoms with van der Waals surface area (Å²) in [7, 11) is 1.99. The van der Waals surface area contributed by atoms with Crippen LogP contribution < -0.4 is 5.73 Å². The Kier molecular flexibility index (Phi) is 1.75. The fourth-order valence-electron chi connectivity index (χ4n) is 2.10. The number of nitrogens with zero attached hydrogens (tertiary/aromatic N) is 2. The number of benzene rings is 1. The molecule has 1 aromatic heterocycles. The highest BCUT2D eigenvalue weighted by atomic mass is 15.3. The lowest BCUT2D eigenvalue weighted by molar-refractivity contribution is 0.731. The molecule has 0 radical (unpaired) electrons. The summed E-state index contributed by atoms with van der Waals surface area (Å²) in [5, 5.41) is 5.80. The fraction of sp³-hybridized carbons (Fsp3) is 0.417. The fourth-order valence-corrected chi connectivity index (χ4v) is 2.10. The largest absolute Gasteiger partial charge is 0.399 e. The van der Waals surface area contributed by atoms with Gasteiger partial charge in [-0.05, 0) is 43.4 Å². The van der Waals surface area contributed by atoms with Crippen molar-refractivity contribution >= 4 is 16.6 Å². The van der Waals surface area contributed by atoms with Gasteiger partial charge < -0.3 is 5.73 Å². The van der Waals surface area contributed by atoms with Gasteiger partial charge in [0.05, 0.1) is 11.2 Å². The highest BCUT2D eigenvalue weighted by Crippen LogP contribution is 2.34. The molecule has 1 saturated carbocycles. The van der Waals surface area contributed by atoms with E-state index in [1.54, 1.807) is 0 Å². The lowest BCUT2D eigenvalue weighted by atomic mass is 10.1. The number of fused-ring (bicyclic) bond motifs is 1. The van der Waals surface area contributed by atoms with Crippen LogP contribution in [0.5, 0.6) is 0 Å².